The first-order valence-electron chi connectivity index (χ1n) is 7.11. The minimum atomic E-state index is -4.39. The summed E-state index contributed by atoms with van der Waals surface area (Å²) < 4.78 is 37.3. The minimum Gasteiger partial charge on any atom is -0.352 e. The Morgan fingerprint density at radius 3 is 2.62 bits per heavy atom. The molecule has 1 atom stereocenters. The van der Waals surface area contributed by atoms with Crippen molar-refractivity contribution in [1.29, 1.82) is 0 Å². The smallest absolute Gasteiger partial charge is 0.352 e. The standard InChI is InChI=1S/C13H20F3N3O2/c1-18(7-11(20)17-9-4-5-9)10-3-2-6-19(12(10)21)8-13(14,15)16/h9-10H,2-8H2,1H3,(H,17,20). The summed E-state index contributed by atoms with van der Waals surface area (Å²) in [6.45, 7) is -1.06. The second-order valence-electron chi connectivity index (χ2n) is 5.79. The van der Waals surface area contributed by atoms with Crippen molar-refractivity contribution in [3.63, 3.8) is 0 Å². The SMILES string of the molecule is CN(CC(=O)NC1CC1)C1CCCN(CC(F)(F)F)C1=O. The van der Waals surface area contributed by atoms with Crippen LogP contribution in [0, 0.1) is 0 Å². The lowest BCUT2D eigenvalue weighted by Gasteiger charge is -2.36. The van der Waals surface area contributed by atoms with E-state index in [0.717, 1.165) is 17.7 Å². The topological polar surface area (TPSA) is 52.7 Å². The molecule has 2 amide bonds. The fourth-order valence-corrected chi connectivity index (χ4v) is 2.54. The number of amides is 2. The lowest BCUT2D eigenvalue weighted by Crippen LogP contribution is -2.55. The maximum Gasteiger partial charge on any atom is 0.406 e. The average Bonchev–Trinajstić information content (AvgIpc) is 3.13. The lowest BCUT2D eigenvalue weighted by molar-refractivity contribution is -0.167. The van der Waals surface area contributed by atoms with Crippen LogP contribution in [0.5, 0.6) is 0 Å². The van der Waals surface area contributed by atoms with Gasteiger partial charge in [-0.05, 0) is 32.7 Å². The molecule has 2 fully saturated rings. The summed E-state index contributed by atoms with van der Waals surface area (Å²) in [5.74, 6) is -0.721. The van der Waals surface area contributed by atoms with Crippen LogP contribution in [0.25, 0.3) is 0 Å². The molecule has 21 heavy (non-hydrogen) atoms. The normalized spacial score (nSPS) is 23.6. The molecule has 1 unspecified atom stereocenters. The zero-order chi connectivity index (χ0) is 15.6. The van der Waals surface area contributed by atoms with Gasteiger partial charge in [0, 0.05) is 12.6 Å². The number of nitrogens with one attached hydrogen (secondary N) is 1. The Kier molecular flexibility index (Phi) is 4.75. The third-order valence-corrected chi connectivity index (χ3v) is 3.74. The summed E-state index contributed by atoms with van der Waals surface area (Å²) in [6.07, 6.45) is -1.45. The predicted octanol–water partition coefficient (Wildman–Crippen LogP) is 0.750. The second kappa shape index (κ2) is 6.21. The maximum atomic E-state index is 12.4. The first-order chi connectivity index (χ1) is 9.76. The summed E-state index contributed by atoms with van der Waals surface area (Å²) in [6, 6.07) is -0.416. The van der Waals surface area contributed by atoms with Gasteiger partial charge in [0.25, 0.3) is 0 Å². The molecule has 0 aromatic carbocycles. The molecule has 2 aliphatic rings. The van der Waals surface area contributed by atoms with Gasteiger partial charge in [-0.15, -0.1) is 0 Å². The van der Waals surface area contributed by atoms with E-state index in [2.05, 4.69) is 5.32 Å². The Hall–Kier alpha value is -1.31. The zero-order valence-corrected chi connectivity index (χ0v) is 11.9. The summed E-state index contributed by atoms with van der Waals surface area (Å²) in [5, 5.41) is 2.80. The first kappa shape index (κ1) is 16.1. The minimum absolute atomic E-state index is 0.0345. The number of carbonyl (C=O) groups is 2. The van der Waals surface area contributed by atoms with Gasteiger partial charge in [0.1, 0.15) is 6.54 Å². The second-order valence-corrected chi connectivity index (χ2v) is 5.79. The molecule has 0 aromatic heterocycles. The van der Waals surface area contributed by atoms with Crippen molar-refractivity contribution in [1.82, 2.24) is 15.1 Å². The van der Waals surface area contributed by atoms with E-state index in [9.17, 15) is 22.8 Å². The van der Waals surface area contributed by atoms with Crippen LogP contribution in [0.1, 0.15) is 25.7 Å². The fraction of sp³-hybridized carbons (Fsp3) is 0.846. The molecule has 1 saturated heterocycles. The van der Waals surface area contributed by atoms with Crippen molar-refractivity contribution in [2.75, 3.05) is 26.7 Å². The van der Waals surface area contributed by atoms with Crippen LogP contribution < -0.4 is 5.32 Å². The molecule has 0 spiro atoms. The highest BCUT2D eigenvalue weighted by molar-refractivity contribution is 5.84. The monoisotopic (exact) mass is 307 g/mol. The molecule has 1 aliphatic carbocycles. The van der Waals surface area contributed by atoms with Crippen LogP contribution in [0.4, 0.5) is 13.2 Å². The highest BCUT2D eigenvalue weighted by atomic mass is 19.4. The van der Waals surface area contributed by atoms with Gasteiger partial charge in [0.15, 0.2) is 0 Å². The number of likely N-dealkylation sites (N-methyl/N-ethyl adjacent to an activating group) is 1. The quantitative estimate of drug-likeness (QED) is 0.815. The summed E-state index contributed by atoms with van der Waals surface area (Å²) >= 11 is 0. The number of piperidine rings is 1. The molecule has 120 valence electrons. The van der Waals surface area contributed by atoms with Gasteiger partial charge in [-0.1, -0.05) is 0 Å². The molecule has 2 rings (SSSR count). The van der Waals surface area contributed by atoms with Gasteiger partial charge in [-0.3, -0.25) is 14.5 Å². The molecular formula is C13H20F3N3O2. The summed E-state index contributed by atoms with van der Waals surface area (Å²) in [5.41, 5.74) is 0. The molecule has 5 nitrogen and oxygen atoms in total. The van der Waals surface area contributed by atoms with Crippen molar-refractivity contribution in [3.05, 3.63) is 0 Å². The number of nitrogens with zero attached hydrogens (tertiary/aromatic N) is 2. The molecular weight excluding hydrogens is 287 g/mol. The molecule has 1 aliphatic heterocycles. The van der Waals surface area contributed by atoms with E-state index in [1.807, 2.05) is 0 Å². The van der Waals surface area contributed by atoms with Crippen LogP contribution in [0.3, 0.4) is 0 Å². The van der Waals surface area contributed by atoms with Gasteiger partial charge in [0.2, 0.25) is 11.8 Å². The van der Waals surface area contributed by atoms with E-state index in [4.69, 9.17) is 0 Å². The number of hydrogen-bond donors (Lipinski definition) is 1. The van der Waals surface area contributed by atoms with Crippen molar-refractivity contribution >= 4 is 11.8 Å². The Labute approximate surface area is 121 Å². The number of likely N-dealkylation sites (tertiary alicyclic amines) is 1. The van der Waals surface area contributed by atoms with E-state index in [-0.39, 0.29) is 25.0 Å². The molecule has 1 N–H and O–H groups in total. The number of halogens is 3. The summed E-state index contributed by atoms with van der Waals surface area (Å²) in [4.78, 5) is 26.2. The molecule has 1 heterocycles. The predicted molar refractivity (Wildman–Crippen MR) is 69.5 cm³/mol. The first-order valence-corrected chi connectivity index (χ1v) is 7.11. The van der Waals surface area contributed by atoms with E-state index in [1.165, 1.54) is 0 Å². The highest BCUT2D eigenvalue weighted by Gasteiger charge is 2.39. The van der Waals surface area contributed by atoms with Gasteiger partial charge >= 0.3 is 6.18 Å². The Balaban J connectivity index is 1.88. The maximum absolute atomic E-state index is 12.4. The Morgan fingerprint density at radius 2 is 2.05 bits per heavy atom. The Morgan fingerprint density at radius 1 is 1.38 bits per heavy atom. The average molecular weight is 307 g/mol. The van der Waals surface area contributed by atoms with Crippen molar-refractivity contribution in [2.45, 2.75) is 43.9 Å². The third kappa shape index (κ3) is 4.87. The van der Waals surface area contributed by atoms with Crippen molar-refractivity contribution in [3.8, 4) is 0 Å². The molecule has 0 aromatic rings. The number of alkyl halides is 3. The van der Waals surface area contributed by atoms with Crippen LogP contribution in [-0.2, 0) is 9.59 Å². The zero-order valence-electron chi connectivity index (χ0n) is 11.9. The van der Waals surface area contributed by atoms with Gasteiger partial charge in [0.05, 0.1) is 12.6 Å². The number of carbonyl (C=O) groups excluding carboxylic acids is 2. The summed E-state index contributed by atoms with van der Waals surface area (Å²) in [7, 11) is 1.60. The van der Waals surface area contributed by atoms with Gasteiger partial charge < -0.3 is 10.2 Å². The molecule has 0 bridgehead atoms. The lowest BCUT2D eigenvalue weighted by atomic mass is 10.0. The van der Waals surface area contributed by atoms with Crippen LogP contribution in [-0.4, -0.2) is 66.6 Å². The highest BCUT2D eigenvalue weighted by Crippen LogP contribution is 2.22. The molecule has 0 radical (unpaired) electrons. The van der Waals surface area contributed by atoms with Crippen LogP contribution >= 0.6 is 0 Å². The Bertz CT molecular complexity index is 410. The fourth-order valence-electron chi connectivity index (χ4n) is 2.54. The number of hydrogen-bond acceptors (Lipinski definition) is 3. The van der Waals surface area contributed by atoms with Gasteiger partial charge in [-0.2, -0.15) is 13.2 Å². The van der Waals surface area contributed by atoms with Crippen LogP contribution in [0.15, 0.2) is 0 Å². The van der Waals surface area contributed by atoms with E-state index in [0.29, 0.717) is 12.8 Å². The van der Waals surface area contributed by atoms with E-state index < -0.39 is 24.7 Å². The van der Waals surface area contributed by atoms with Crippen molar-refractivity contribution < 1.29 is 22.8 Å². The van der Waals surface area contributed by atoms with Crippen LogP contribution in [0.2, 0.25) is 0 Å². The number of rotatable bonds is 5. The molecule has 8 heteroatoms. The van der Waals surface area contributed by atoms with E-state index >= 15 is 0 Å². The van der Waals surface area contributed by atoms with E-state index in [1.54, 1.807) is 11.9 Å². The molecule has 1 saturated carbocycles. The van der Waals surface area contributed by atoms with Crippen molar-refractivity contribution in [2.24, 2.45) is 0 Å². The largest absolute Gasteiger partial charge is 0.406 e. The third-order valence-electron chi connectivity index (χ3n) is 3.74. The van der Waals surface area contributed by atoms with Gasteiger partial charge in [-0.25, -0.2) is 0 Å².